The highest BCUT2D eigenvalue weighted by Gasteiger charge is 2.31. The summed E-state index contributed by atoms with van der Waals surface area (Å²) in [5.41, 5.74) is 0.470. The number of halogens is 4. The number of hydrogen-bond acceptors (Lipinski definition) is 4. The molecule has 30 heavy (non-hydrogen) atoms. The van der Waals surface area contributed by atoms with Crippen LogP contribution in [0.5, 0.6) is 0 Å². The molecule has 1 saturated heterocycles. The van der Waals surface area contributed by atoms with Crippen LogP contribution in [0.15, 0.2) is 42.6 Å². The van der Waals surface area contributed by atoms with Gasteiger partial charge in [-0.3, -0.25) is 9.20 Å². The predicted octanol–water partition coefficient (Wildman–Crippen LogP) is 3.68. The van der Waals surface area contributed by atoms with Crippen LogP contribution in [-0.2, 0) is 17.4 Å². The molecular formula is C20H19ClF3N5O. The minimum Gasteiger partial charge on any atom is -0.341 e. The van der Waals surface area contributed by atoms with Gasteiger partial charge in [0, 0.05) is 37.4 Å². The van der Waals surface area contributed by atoms with Crippen molar-refractivity contribution in [2.75, 3.05) is 31.1 Å². The Labute approximate surface area is 175 Å². The van der Waals surface area contributed by atoms with Crippen LogP contribution < -0.4 is 4.90 Å². The van der Waals surface area contributed by atoms with Gasteiger partial charge in [0.05, 0.1) is 12.0 Å². The van der Waals surface area contributed by atoms with Crippen molar-refractivity contribution in [3.63, 3.8) is 0 Å². The van der Waals surface area contributed by atoms with Crippen LogP contribution in [0.3, 0.4) is 0 Å². The molecule has 6 nitrogen and oxygen atoms in total. The lowest BCUT2D eigenvalue weighted by molar-refractivity contribution is -0.137. The standard InChI is InChI=1S/C20H19ClF3N5O/c21-16-5-2-14(3-6-16)12-18(30)27-8-1-9-28(11-10-27)19-26-25-17-7-4-15(13-29(17)19)20(22,23)24/h2-7,13H,1,8-12H2. The molecule has 1 amide bonds. The molecule has 0 aliphatic carbocycles. The summed E-state index contributed by atoms with van der Waals surface area (Å²) in [7, 11) is 0. The Kier molecular flexibility index (Phi) is 5.55. The zero-order chi connectivity index (χ0) is 21.3. The molecule has 158 valence electrons. The van der Waals surface area contributed by atoms with Crippen LogP contribution in [-0.4, -0.2) is 51.6 Å². The van der Waals surface area contributed by atoms with Gasteiger partial charge >= 0.3 is 6.18 Å². The molecule has 0 bridgehead atoms. The van der Waals surface area contributed by atoms with E-state index in [1.54, 1.807) is 17.0 Å². The van der Waals surface area contributed by atoms with Crippen molar-refractivity contribution in [3.8, 4) is 0 Å². The highest BCUT2D eigenvalue weighted by molar-refractivity contribution is 6.30. The van der Waals surface area contributed by atoms with Crippen molar-refractivity contribution in [1.29, 1.82) is 0 Å². The number of carbonyl (C=O) groups is 1. The lowest BCUT2D eigenvalue weighted by atomic mass is 10.1. The van der Waals surface area contributed by atoms with Crippen LogP contribution in [0.25, 0.3) is 5.65 Å². The molecule has 1 aromatic carbocycles. The summed E-state index contributed by atoms with van der Waals surface area (Å²) in [5, 5.41) is 8.68. The minimum atomic E-state index is -4.45. The first-order chi connectivity index (χ1) is 14.3. The van der Waals surface area contributed by atoms with Gasteiger partial charge in [-0.05, 0) is 36.2 Å². The van der Waals surface area contributed by atoms with E-state index in [1.807, 2.05) is 17.0 Å². The molecular weight excluding hydrogens is 419 g/mol. The number of rotatable bonds is 3. The summed E-state index contributed by atoms with van der Waals surface area (Å²) < 4.78 is 40.6. The summed E-state index contributed by atoms with van der Waals surface area (Å²) in [6.07, 6.45) is -2.47. The molecule has 10 heteroatoms. The second kappa shape index (κ2) is 8.14. The van der Waals surface area contributed by atoms with Crippen molar-refractivity contribution in [3.05, 3.63) is 58.7 Å². The molecule has 1 aliphatic heterocycles. The smallest absolute Gasteiger partial charge is 0.341 e. The molecule has 0 N–H and O–H groups in total. The van der Waals surface area contributed by atoms with E-state index in [0.717, 1.165) is 17.8 Å². The first kappa shape index (κ1) is 20.5. The third kappa shape index (κ3) is 4.35. The topological polar surface area (TPSA) is 53.7 Å². The largest absolute Gasteiger partial charge is 0.417 e. The van der Waals surface area contributed by atoms with Crippen molar-refractivity contribution in [2.24, 2.45) is 0 Å². The van der Waals surface area contributed by atoms with E-state index in [9.17, 15) is 18.0 Å². The maximum absolute atomic E-state index is 13.1. The third-order valence-corrected chi connectivity index (χ3v) is 5.36. The maximum atomic E-state index is 13.1. The van der Waals surface area contributed by atoms with Gasteiger partial charge < -0.3 is 9.80 Å². The number of carbonyl (C=O) groups excluding carboxylic acids is 1. The van der Waals surface area contributed by atoms with Gasteiger partial charge in [0.2, 0.25) is 11.9 Å². The first-order valence-corrected chi connectivity index (χ1v) is 9.88. The Balaban J connectivity index is 1.47. The van der Waals surface area contributed by atoms with Gasteiger partial charge in [-0.15, -0.1) is 10.2 Å². The second-order valence-electron chi connectivity index (χ2n) is 7.17. The average molecular weight is 438 g/mol. The van der Waals surface area contributed by atoms with E-state index in [-0.39, 0.29) is 12.3 Å². The molecule has 4 rings (SSSR count). The van der Waals surface area contributed by atoms with Crippen LogP contribution >= 0.6 is 11.6 Å². The lowest BCUT2D eigenvalue weighted by Crippen LogP contribution is -2.36. The highest BCUT2D eigenvalue weighted by Crippen LogP contribution is 2.30. The second-order valence-corrected chi connectivity index (χ2v) is 7.60. The van der Waals surface area contributed by atoms with Crippen LogP contribution in [0.4, 0.5) is 19.1 Å². The molecule has 0 saturated carbocycles. The minimum absolute atomic E-state index is 0.00429. The van der Waals surface area contributed by atoms with E-state index < -0.39 is 11.7 Å². The zero-order valence-electron chi connectivity index (χ0n) is 15.9. The van der Waals surface area contributed by atoms with Crippen LogP contribution in [0.1, 0.15) is 17.5 Å². The molecule has 0 spiro atoms. The number of alkyl halides is 3. The number of amides is 1. The molecule has 0 radical (unpaired) electrons. The molecule has 0 unspecified atom stereocenters. The first-order valence-electron chi connectivity index (χ1n) is 9.50. The fourth-order valence-corrected chi connectivity index (χ4v) is 3.64. The number of hydrogen-bond donors (Lipinski definition) is 0. The summed E-state index contributed by atoms with van der Waals surface area (Å²) in [4.78, 5) is 16.3. The maximum Gasteiger partial charge on any atom is 0.417 e. The summed E-state index contributed by atoms with van der Waals surface area (Å²) in [6.45, 7) is 2.07. The normalized spacial score (nSPS) is 15.5. The Hall–Kier alpha value is -2.81. The SMILES string of the molecule is O=C(Cc1ccc(Cl)cc1)N1CCCN(c2nnc3ccc(C(F)(F)F)cn23)CC1. The molecule has 3 heterocycles. The van der Waals surface area contributed by atoms with E-state index in [0.29, 0.717) is 49.2 Å². The van der Waals surface area contributed by atoms with Crippen LogP contribution in [0.2, 0.25) is 5.02 Å². The van der Waals surface area contributed by atoms with Crippen molar-refractivity contribution in [2.45, 2.75) is 19.0 Å². The molecule has 1 aliphatic rings. The fourth-order valence-electron chi connectivity index (χ4n) is 3.52. The van der Waals surface area contributed by atoms with E-state index >= 15 is 0 Å². The van der Waals surface area contributed by atoms with Crippen LogP contribution in [0, 0.1) is 0 Å². The number of fused-ring (bicyclic) bond motifs is 1. The van der Waals surface area contributed by atoms with Crippen molar-refractivity contribution < 1.29 is 18.0 Å². The Bertz CT molecular complexity index is 1050. The summed E-state index contributed by atoms with van der Waals surface area (Å²) >= 11 is 5.88. The zero-order valence-corrected chi connectivity index (χ0v) is 16.7. The highest BCUT2D eigenvalue weighted by atomic mass is 35.5. The quantitative estimate of drug-likeness (QED) is 0.627. The summed E-state index contributed by atoms with van der Waals surface area (Å²) in [6, 6.07) is 9.45. The Morgan fingerprint density at radius 2 is 1.77 bits per heavy atom. The lowest BCUT2D eigenvalue weighted by Gasteiger charge is -2.22. The van der Waals surface area contributed by atoms with E-state index in [2.05, 4.69) is 10.2 Å². The third-order valence-electron chi connectivity index (χ3n) is 5.11. The van der Waals surface area contributed by atoms with Gasteiger partial charge in [0.1, 0.15) is 0 Å². The molecule has 1 fully saturated rings. The van der Waals surface area contributed by atoms with Crippen molar-refractivity contribution >= 4 is 29.1 Å². The number of nitrogens with zero attached hydrogens (tertiary/aromatic N) is 5. The van der Waals surface area contributed by atoms with Gasteiger partial charge in [-0.2, -0.15) is 13.2 Å². The molecule has 3 aromatic rings. The van der Waals surface area contributed by atoms with E-state index in [1.165, 1.54) is 10.5 Å². The van der Waals surface area contributed by atoms with Crippen molar-refractivity contribution in [1.82, 2.24) is 19.5 Å². The number of aromatic nitrogens is 3. The number of anilines is 1. The number of pyridine rings is 1. The van der Waals surface area contributed by atoms with Gasteiger partial charge in [-0.1, -0.05) is 23.7 Å². The molecule has 0 atom stereocenters. The van der Waals surface area contributed by atoms with E-state index in [4.69, 9.17) is 11.6 Å². The summed E-state index contributed by atoms with van der Waals surface area (Å²) in [5.74, 6) is 0.354. The Morgan fingerprint density at radius 3 is 2.50 bits per heavy atom. The van der Waals surface area contributed by atoms with Gasteiger partial charge in [0.25, 0.3) is 0 Å². The predicted molar refractivity (Wildman–Crippen MR) is 107 cm³/mol. The molecule has 2 aromatic heterocycles. The fraction of sp³-hybridized carbons (Fsp3) is 0.350. The van der Waals surface area contributed by atoms with Gasteiger partial charge in [0.15, 0.2) is 5.65 Å². The number of benzene rings is 1. The monoisotopic (exact) mass is 437 g/mol. The average Bonchev–Trinajstić information content (AvgIpc) is 2.97. The van der Waals surface area contributed by atoms with Gasteiger partial charge in [-0.25, -0.2) is 0 Å². The Morgan fingerprint density at radius 1 is 1.00 bits per heavy atom.